The lowest BCUT2D eigenvalue weighted by Crippen LogP contribution is -3.28. The predicted molar refractivity (Wildman–Crippen MR) is 109 cm³/mol. The van der Waals surface area contributed by atoms with Crippen LogP contribution in [0.5, 0.6) is 5.75 Å². The van der Waals surface area contributed by atoms with E-state index >= 15 is 0 Å². The molecule has 0 unspecified atom stereocenters. The molecule has 0 saturated carbocycles. The van der Waals surface area contributed by atoms with Crippen LogP contribution < -0.4 is 19.9 Å². The molecule has 1 fully saturated rings. The van der Waals surface area contributed by atoms with E-state index < -0.39 is 0 Å². The molecule has 2 aliphatic heterocycles. The quantitative estimate of drug-likeness (QED) is 0.583. The molecule has 2 aromatic carbocycles. The van der Waals surface area contributed by atoms with E-state index in [4.69, 9.17) is 4.74 Å². The van der Waals surface area contributed by atoms with Gasteiger partial charge >= 0.3 is 0 Å². The first-order chi connectivity index (χ1) is 14.2. The van der Waals surface area contributed by atoms with Crippen molar-refractivity contribution in [2.75, 3.05) is 45.9 Å². The first-order valence-corrected chi connectivity index (χ1v) is 10.6. The van der Waals surface area contributed by atoms with E-state index in [9.17, 15) is 9.18 Å². The first-order valence-electron chi connectivity index (χ1n) is 10.6. The van der Waals surface area contributed by atoms with E-state index in [1.807, 2.05) is 0 Å². The number of nitrogens with one attached hydrogen (secondary N) is 3. The molecule has 2 aliphatic rings. The Bertz CT molecular complexity index is 833. The van der Waals surface area contributed by atoms with Gasteiger partial charge in [0.15, 0.2) is 6.54 Å². The van der Waals surface area contributed by atoms with Crippen LogP contribution in [0.25, 0.3) is 0 Å². The highest BCUT2D eigenvalue weighted by Gasteiger charge is 2.25. The Labute approximate surface area is 171 Å². The van der Waals surface area contributed by atoms with Gasteiger partial charge in [0.25, 0.3) is 5.91 Å². The summed E-state index contributed by atoms with van der Waals surface area (Å²) in [7, 11) is 0. The summed E-state index contributed by atoms with van der Waals surface area (Å²) < 4.78 is 18.5. The lowest BCUT2D eigenvalue weighted by atomic mass is 10.1. The fourth-order valence-electron chi connectivity index (χ4n) is 4.24. The second kappa shape index (κ2) is 9.37. The van der Waals surface area contributed by atoms with Gasteiger partial charge in [0.2, 0.25) is 0 Å². The van der Waals surface area contributed by atoms with Crippen LogP contribution in [0.4, 0.5) is 4.39 Å². The molecule has 4 rings (SSSR count). The van der Waals surface area contributed by atoms with Crippen LogP contribution in [0.2, 0.25) is 0 Å². The number of piperazine rings is 1. The summed E-state index contributed by atoms with van der Waals surface area (Å²) in [5, 5.41) is 3.00. The number of carbonyl (C=O) groups is 1. The minimum absolute atomic E-state index is 0.101. The molecule has 0 bridgehead atoms. The van der Waals surface area contributed by atoms with Crippen LogP contribution in [0.15, 0.2) is 42.5 Å². The van der Waals surface area contributed by atoms with Gasteiger partial charge in [-0.05, 0) is 47.9 Å². The molecular weight excluding hydrogens is 369 g/mol. The normalized spacial score (nSPS) is 20.7. The van der Waals surface area contributed by atoms with Crippen molar-refractivity contribution in [2.45, 2.75) is 19.4 Å². The SMILES string of the molecule is O=C(C[NH+]1CC[NH+](Cc2ccc3c(c2)CCO3)CC1)NCCc1ccc(F)cc1. The first kappa shape index (κ1) is 19.9. The molecule has 0 aliphatic carbocycles. The molecule has 0 atom stereocenters. The number of benzene rings is 2. The monoisotopic (exact) mass is 399 g/mol. The van der Waals surface area contributed by atoms with Crippen molar-refractivity contribution < 1.29 is 23.7 Å². The summed E-state index contributed by atoms with van der Waals surface area (Å²) in [6.45, 7) is 7.20. The van der Waals surface area contributed by atoms with Gasteiger partial charge in [-0.2, -0.15) is 0 Å². The maximum atomic E-state index is 12.9. The van der Waals surface area contributed by atoms with Gasteiger partial charge in [-0.15, -0.1) is 0 Å². The third kappa shape index (κ3) is 5.55. The molecular formula is C23H30FN3O2+2. The maximum Gasteiger partial charge on any atom is 0.275 e. The summed E-state index contributed by atoms with van der Waals surface area (Å²) in [6, 6.07) is 13.0. The van der Waals surface area contributed by atoms with Crippen molar-refractivity contribution in [2.24, 2.45) is 0 Å². The maximum absolute atomic E-state index is 12.9. The Morgan fingerprint density at radius 2 is 1.72 bits per heavy atom. The second-order valence-corrected chi connectivity index (χ2v) is 8.12. The van der Waals surface area contributed by atoms with Gasteiger partial charge in [-0.25, -0.2) is 4.39 Å². The van der Waals surface area contributed by atoms with Crippen molar-refractivity contribution in [3.63, 3.8) is 0 Å². The smallest absolute Gasteiger partial charge is 0.275 e. The van der Waals surface area contributed by atoms with Crippen molar-refractivity contribution in [1.29, 1.82) is 0 Å². The number of ether oxygens (including phenoxy) is 1. The number of carbonyl (C=O) groups excluding carboxylic acids is 1. The average molecular weight is 400 g/mol. The molecule has 29 heavy (non-hydrogen) atoms. The van der Waals surface area contributed by atoms with Gasteiger partial charge < -0.3 is 19.9 Å². The fraction of sp³-hybridized carbons (Fsp3) is 0.435. The minimum Gasteiger partial charge on any atom is -0.493 e. The molecule has 1 saturated heterocycles. The van der Waals surface area contributed by atoms with Gasteiger partial charge in [0, 0.05) is 18.5 Å². The van der Waals surface area contributed by atoms with E-state index in [2.05, 4.69) is 23.5 Å². The topological polar surface area (TPSA) is 47.2 Å². The molecule has 2 aromatic rings. The molecule has 154 valence electrons. The number of rotatable bonds is 7. The van der Waals surface area contributed by atoms with Gasteiger partial charge in [0.05, 0.1) is 6.61 Å². The highest BCUT2D eigenvalue weighted by atomic mass is 19.1. The van der Waals surface area contributed by atoms with E-state index in [1.54, 1.807) is 17.0 Å². The van der Waals surface area contributed by atoms with Gasteiger partial charge in [-0.3, -0.25) is 4.79 Å². The van der Waals surface area contributed by atoms with E-state index in [0.29, 0.717) is 13.1 Å². The number of hydrogen-bond acceptors (Lipinski definition) is 2. The van der Waals surface area contributed by atoms with Crippen molar-refractivity contribution in [3.8, 4) is 5.75 Å². The third-order valence-electron chi connectivity index (χ3n) is 5.93. The highest BCUT2D eigenvalue weighted by Crippen LogP contribution is 2.25. The standard InChI is InChI=1S/C23H28FN3O2/c24-21-4-1-18(2-5-21)7-9-25-23(28)17-27-12-10-26(11-13-27)16-19-3-6-22-20(15-19)8-14-29-22/h1-6,15H,7-14,16-17H2,(H,25,28)/p+2. The lowest BCUT2D eigenvalue weighted by molar-refractivity contribution is -1.02. The van der Waals surface area contributed by atoms with E-state index in [1.165, 1.54) is 28.2 Å². The van der Waals surface area contributed by atoms with Crippen LogP contribution in [-0.4, -0.2) is 51.8 Å². The Kier molecular flexibility index (Phi) is 6.42. The van der Waals surface area contributed by atoms with Gasteiger partial charge in [0.1, 0.15) is 44.3 Å². The second-order valence-electron chi connectivity index (χ2n) is 8.12. The van der Waals surface area contributed by atoms with Crippen LogP contribution in [0, 0.1) is 5.82 Å². The molecule has 5 nitrogen and oxygen atoms in total. The molecule has 6 heteroatoms. The molecule has 1 amide bonds. The predicted octanol–water partition coefficient (Wildman–Crippen LogP) is -0.597. The van der Waals surface area contributed by atoms with Crippen molar-refractivity contribution in [1.82, 2.24) is 5.32 Å². The van der Waals surface area contributed by atoms with Crippen LogP contribution in [0.1, 0.15) is 16.7 Å². The Morgan fingerprint density at radius 1 is 1.00 bits per heavy atom. The zero-order valence-electron chi connectivity index (χ0n) is 16.8. The van der Waals surface area contributed by atoms with E-state index in [0.717, 1.165) is 63.5 Å². The molecule has 3 N–H and O–H groups in total. The Hall–Kier alpha value is -2.44. The molecule has 0 aromatic heterocycles. The van der Waals surface area contributed by atoms with Crippen LogP contribution >= 0.6 is 0 Å². The van der Waals surface area contributed by atoms with E-state index in [-0.39, 0.29) is 11.7 Å². The fourth-order valence-corrected chi connectivity index (χ4v) is 4.24. The summed E-state index contributed by atoms with van der Waals surface area (Å²) >= 11 is 0. The summed E-state index contributed by atoms with van der Waals surface area (Å²) in [4.78, 5) is 15.2. The molecule has 0 spiro atoms. The molecule has 2 heterocycles. The average Bonchev–Trinajstić information content (AvgIpc) is 3.19. The summed E-state index contributed by atoms with van der Waals surface area (Å²) in [5.41, 5.74) is 3.75. The zero-order valence-corrected chi connectivity index (χ0v) is 16.8. The number of quaternary nitrogens is 2. The Morgan fingerprint density at radius 3 is 2.52 bits per heavy atom. The van der Waals surface area contributed by atoms with Crippen LogP contribution in [-0.2, 0) is 24.2 Å². The lowest BCUT2D eigenvalue weighted by Gasteiger charge is -2.29. The number of fused-ring (bicyclic) bond motifs is 1. The third-order valence-corrected chi connectivity index (χ3v) is 5.93. The van der Waals surface area contributed by atoms with Crippen molar-refractivity contribution in [3.05, 3.63) is 65.0 Å². The summed E-state index contributed by atoms with van der Waals surface area (Å²) in [6.07, 6.45) is 1.75. The number of hydrogen-bond donors (Lipinski definition) is 3. The molecule has 0 radical (unpaired) electrons. The Balaban J connectivity index is 1.15. The number of halogens is 1. The summed E-state index contributed by atoms with van der Waals surface area (Å²) in [5.74, 6) is 0.917. The zero-order chi connectivity index (χ0) is 20.1. The minimum atomic E-state index is -0.229. The highest BCUT2D eigenvalue weighted by molar-refractivity contribution is 5.76. The van der Waals surface area contributed by atoms with Gasteiger partial charge in [-0.1, -0.05) is 12.1 Å². The number of amides is 1. The van der Waals surface area contributed by atoms with Crippen molar-refractivity contribution >= 4 is 5.91 Å². The largest absolute Gasteiger partial charge is 0.493 e. The van der Waals surface area contributed by atoms with Crippen LogP contribution in [0.3, 0.4) is 0 Å².